The van der Waals surface area contributed by atoms with E-state index in [1.165, 1.54) is 4.90 Å². The number of amides is 4. The van der Waals surface area contributed by atoms with Gasteiger partial charge in [-0.1, -0.05) is 84.9 Å². The molecule has 5 aromatic rings. The number of ether oxygens (including phenoxy) is 5. The highest BCUT2D eigenvalue weighted by Crippen LogP contribution is 2.46. The zero-order valence-corrected chi connectivity index (χ0v) is 38.2. The van der Waals surface area contributed by atoms with Crippen LogP contribution in [0.4, 0.5) is 9.59 Å². The molecule has 348 valence electrons. The topological polar surface area (TPSA) is 184 Å². The van der Waals surface area contributed by atoms with E-state index in [4.69, 9.17) is 28.7 Å². The van der Waals surface area contributed by atoms with Crippen LogP contribution in [0, 0.1) is 5.92 Å². The van der Waals surface area contributed by atoms with Gasteiger partial charge < -0.3 is 44.5 Å². The highest BCUT2D eigenvalue weighted by atomic mass is 16.6. The lowest BCUT2D eigenvalue weighted by Crippen LogP contribution is -2.59. The van der Waals surface area contributed by atoms with E-state index in [1.54, 1.807) is 53.0 Å². The Morgan fingerprint density at radius 2 is 1.58 bits per heavy atom. The van der Waals surface area contributed by atoms with E-state index in [-0.39, 0.29) is 38.5 Å². The average molecular weight is 910 g/mol. The first-order valence-corrected chi connectivity index (χ1v) is 22.4. The maximum atomic E-state index is 15.0. The first-order valence-electron chi connectivity index (χ1n) is 22.4. The molecule has 15 heteroatoms. The van der Waals surface area contributed by atoms with Crippen LogP contribution in [-0.4, -0.2) is 103 Å². The number of likely N-dealkylation sites (tertiary alicyclic amines) is 1. The summed E-state index contributed by atoms with van der Waals surface area (Å²) in [4.78, 5) is 75.9. The number of pyridine rings is 1. The third-order valence-corrected chi connectivity index (χ3v) is 12.3. The van der Waals surface area contributed by atoms with Crippen LogP contribution in [-0.2, 0) is 28.6 Å². The molecule has 1 saturated heterocycles. The van der Waals surface area contributed by atoms with Gasteiger partial charge in [-0.3, -0.25) is 9.59 Å². The minimum atomic E-state index is -1.44. The van der Waals surface area contributed by atoms with Gasteiger partial charge >= 0.3 is 18.2 Å². The summed E-state index contributed by atoms with van der Waals surface area (Å²) in [6, 6.07) is 30.0. The number of methoxy groups -OCH3 is 1. The molecule has 1 saturated carbocycles. The van der Waals surface area contributed by atoms with Crippen molar-refractivity contribution < 1.29 is 47.7 Å². The highest BCUT2D eigenvalue weighted by molar-refractivity contribution is 5.97. The van der Waals surface area contributed by atoms with Crippen LogP contribution in [0.25, 0.3) is 33.3 Å². The summed E-state index contributed by atoms with van der Waals surface area (Å²) < 4.78 is 29.0. The molecule has 3 N–H and O–H groups in total. The molecule has 3 aliphatic rings. The van der Waals surface area contributed by atoms with Crippen LogP contribution in [0.2, 0.25) is 0 Å². The molecule has 0 radical (unpaired) electrons. The number of benzene rings is 4. The van der Waals surface area contributed by atoms with Gasteiger partial charge in [-0.15, -0.1) is 6.58 Å². The van der Waals surface area contributed by atoms with Gasteiger partial charge in [0, 0.05) is 41.3 Å². The van der Waals surface area contributed by atoms with Crippen molar-refractivity contribution in [2.75, 3.05) is 33.4 Å². The van der Waals surface area contributed by atoms with Gasteiger partial charge in [0.15, 0.2) is 0 Å². The van der Waals surface area contributed by atoms with Crippen molar-refractivity contribution in [3.05, 3.63) is 127 Å². The van der Waals surface area contributed by atoms with Crippen molar-refractivity contribution in [1.29, 1.82) is 0 Å². The second kappa shape index (κ2) is 19.2. The van der Waals surface area contributed by atoms with Crippen molar-refractivity contribution in [2.24, 2.45) is 5.92 Å². The molecule has 2 fully saturated rings. The Morgan fingerprint density at radius 1 is 0.896 bits per heavy atom. The molecule has 0 unspecified atom stereocenters. The van der Waals surface area contributed by atoms with Crippen LogP contribution >= 0.6 is 0 Å². The van der Waals surface area contributed by atoms with E-state index in [0.29, 0.717) is 28.1 Å². The Bertz CT molecular complexity index is 2660. The Labute approximate surface area is 389 Å². The lowest BCUT2D eigenvalue weighted by Gasteiger charge is -2.30. The van der Waals surface area contributed by atoms with Crippen LogP contribution in [0.1, 0.15) is 57.6 Å². The summed E-state index contributed by atoms with van der Waals surface area (Å²) in [5.41, 5.74) is 3.93. The van der Waals surface area contributed by atoms with Crippen LogP contribution in [0.15, 0.2) is 116 Å². The number of rotatable bonds is 15. The molecule has 4 aromatic carbocycles. The van der Waals surface area contributed by atoms with Gasteiger partial charge in [0.05, 0.1) is 38.0 Å². The third-order valence-electron chi connectivity index (χ3n) is 12.3. The van der Waals surface area contributed by atoms with Crippen molar-refractivity contribution in [1.82, 2.24) is 25.8 Å². The predicted molar refractivity (Wildman–Crippen MR) is 250 cm³/mol. The summed E-state index contributed by atoms with van der Waals surface area (Å²) in [7, 11) is 1.57. The summed E-state index contributed by atoms with van der Waals surface area (Å²) in [6.07, 6.45) is -0.671. The van der Waals surface area contributed by atoms with Gasteiger partial charge in [0.25, 0.3) is 0 Å². The standard InChI is InChI=1S/C52H55N5O10/c1-7-32-27-52(32,48(60)64-8-2)56-46(58)44-25-34(66-45-26-41(31-16-10-9-11-17-31)54-42-24-33(63-6)22-23-39(42)45)29-57(44)47(59)43(55-50(62)67-51(3,4)5)28-53-49(61)65-30-40-37-20-14-12-18-35(37)36-19-13-15-21-38(36)40/h7,9-24,26,32,34,40,43-44H,1,8,25,27-30H2,2-6H3,(H,53,61)(H,55,62)(H,56,58)/t32-,34-,43+,44+,52-/m1/s1. The lowest BCUT2D eigenvalue weighted by atomic mass is 9.98. The number of aromatic nitrogens is 1. The lowest BCUT2D eigenvalue weighted by molar-refractivity contribution is -0.150. The summed E-state index contributed by atoms with van der Waals surface area (Å²) in [5, 5.41) is 8.85. The first kappa shape index (κ1) is 46.1. The van der Waals surface area contributed by atoms with Crippen molar-refractivity contribution in [2.45, 2.75) is 75.8 Å². The molecule has 2 heterocycles. The second-order valence-electron chi connectivity index (χ2n) is 17.9. The fourth-order valence-electron chi connectivity index (χ4n) is 8.96. The maximum absolute atomic E-state index is 15.0. The van der Waals surface area contributed by atoms with Crippen molar-refractivity contribution in [3.8, 4) is 33.9 Å². The van der Waals surface area contributed by atoms with E-state index >= 15 is 0 Å². The minimum Gasteiger partial charge on any atom is -0.497 e. The fourth-order valence-corrected chi connectivity index (χ4v) is 8.96. The van der Waals surface area contributed by atoms with Crippen LogP contribution in [0.3, 0.4) is 0 Å². The summed E-state index contributed by atoms with van der Waals surface area (Å²) >= 11 is 0. The Balaban J connectivity index is 1.07. The van der Waals surface area contributed by atoms with E-state index in [9.17, 15) is 24.0 Å². The third kappa shape index (κ3) is 9.91. The second-order valence-corrected chi connectivity index (χ2v) is 17.9. The van der Waals surface area contributed by atoms with Gasteiger partial charge in [-0.2, -0.15) is 0 Å². The van der Waals surface area contributed by atoms with Gasteiger partial charge in [0.2, 0.25) is 11.8 Å². The zero-order chi connectivity index (χ0) is 47.5. The largest absolute Gasteiger partial charge is 0.497 e. The molecule has 15 nitrogen and oxygen atoms in total. The average Bonchev–Trinajstić information content (AvgIpc) is 3.72. The molecule has 2 aliphatic carbocycles. The Kier molecular flexibility index (Phi) is 13.2. The SMILES string of the molecule is C=C[C@@H]1C[C@]1(NC(=O)[C@@H]1C[C@@H](Oc2cc(-c3ccccc3)nc3cc(OC)ccc23)CN1C(=O)[C@H](CNC(=O)OCC1c2ccccc2-c2ccccc21)NC(=O)OC(C)(C)C)C(=O)OCC. The number of nitrogens with one attached hydrogen (secondary N) is 3. The first-order chi connectivity index (χ1) is 32.2. The van der Waals surface area contributed by atoms with E-state index in [1.807, 2.05) is 91.0 Å². The molecule has 0 spiro atoms. The zero-order valence-electron chi connectivity index (χ0n) is 38.2. The molecule has 1 aromatic heterocycles. The van der Waals surface area contributed by atoms with Crippen molar-refractivity contribution >= 4 is 40.9 Å². The number of carbonyl (C=O) groups is 5. The van der Waals surface area contributed by atoms with Crippen LogP contribution < -0.4 is 25.4 Å². The maximum Gasteiger partial charge on any atom is 0.408 e. The Hall–Kier alpha value is -7.42. The fraction of sp³-hybridized carbons (Fsp3) is 0.346. The van der Waals surface area contributed by atoms with Gasteiger partial charge in [0.1, 0.15) is 47.4 Å². The summed E-state index contributed by atoms with van der Waals surface area (Å²) in [5.74, 6) is -1.53. The van der Waals surface area contributed by atoms with E-state index < -0.39 is 71.8 Å². The minimum absolute atomic E-state index is 0.00512. The Morgan fingerprint density at radius 3 is 2.22 bits per heavy atom. The smallest absolute Gasteiger partial charge is 0.408 e. The number of carbonyl (C=O) groups excluding carboxylic acids is 5. The predicted octanol–water partition coefficient (Wildman–Crippen LogP) is 7.31. The number of hydrogen-bond donors (Lipinski definition) is 3. The molecule has 4 amide bonds. The van der Waals surface area contributed by atoms with Crippen LogP contribution in [0.5, 0.6) is 11.5 Å². The molecule has 0 bridgehead atoms. The van der Waals surface area contributed by atoms with Gasteiger partial charge in [-0.25, -0.2) is 19.4 Å². The normalized spacial score (nSPS) is 19.8. The molecule has 8 rings (SSSR count). The number of nitrogens with zero attached hydrogens (tertiary/aromatic N) is 2. The number of hydrogen-bond acceptors (Lipinski definition) is 11. The molecule has 1 aliphatic heterocycles. The monoisotopic (exact) mass is 909 g/mol. The molecule has 67 heavy (non-hydrogen) atoms. The van der Waals surface area contributed by atoms with E-state index in [0.717, 1.165) is 27.8 Å². The quantitative estimate of drug-likeness (QED) is 0.0544. The number of fused-ring (bicyclic) bond motifs is 4. The molecular weight excluding hydrogens is 855 g/mol. The number of alkyl carbamates (subject to hydrolysis) is 2. The molecular formula is C52H55N5O10. The highest BCUT2D eigenvalue weighted by Gasteiger charge is 2.62. The molecule has 5 atom stereocenters. The van der Waals surface area contributed by atoms with E-state index in [2.05, 4.69) is 22.5 Å². The number of esters is 1. The van der Waals surface area contributed by atoms with Crippen molar-refractivity contribution in [3.63, 3.8) is 0 Å². The van der Waals surface area contributed by atoms with Gasteiger partial charge in [-0.05, 0) is 68.5 Å². The summed E-state index contributed by atoms with van der Waals surface area (Å²) in [6.45, 7) is 10.1.